The van der Waals surface area contributed by atoms with Gasteiger partial charge in [-0.25, -0.2) is 0 Å². The molecule has 98 valence electrons. The van der Waals surface area contributed by atoms with Gasteiger partial charge in [-0.15, -0.1) is 0 Å². The molecule has 2 nitrogen and oxygen atoms in total. The maximum Gasteiger partial charge on any atom is 0.0622 e. The first-order valence-corrected chi connectivity index (χ1v) is 7.45. The fourth-order valence-corrected chi connectivity index (χ4v) is 3.44. The monoisotopic (exact) mass is 244 g/mol. The molecule has 2 heterocycles. The van der Waals surface area contributed by atoms with Crippen LogP contribution in [-0.4, -0.2) is 42.1 Å². The molecule has 3 rings (SSSR count). The Hall–Kier alpha value is -0.860. The molecule has 0 amide bonds. The molecular weight excluding hydrogens is 220 g/mol. The van der Waals surface area contributed by atoms with Crippen molar-refractivity contribution in [2.45, 2.75) is 38.3 Å². The Labute approximate surface area is 111 Å². The molecule has 2 saturated heterocycles. The SMILES string of the molecule is c1ccc(CCN2CCCCN3CCCC32)cc1. The zero-order valence-corrected chi connectivity index (χ0v) is 11.2. The zero-order valence-electron chi connectivity index (χ0n) is 11.2. The second kappa shape index (κ2) is 5.85. The van der Waals surface area contributed by atoms with Crippen molar-refractivity contribution in [1.29, 1.82) is 0 Å². The average molecular weight is 244 g/mol. The van der Waals surface area contributed by atoms with Crippen LogP contribution in [0.15, 0.2) is 30.3 Å². The van der Waals surface area contributed by atoms with E-state index in [1.165, 1.54) is 63.8 Å². The lowest BCUT2D eigenvalue weighted by Gasteiger charge is -2.32. The van der Waals surface area contributed by atoms with Crippen LogP contribution in [0, 0.1) is 0 Å². The zero-order chi connectivity index (χ0) is 12.2. The summed E-state index contributed by atoms with van der Waals surface area (Å²) in [5.74, 6) is 0. The lowest BCUT2D eigenvalue weighted by atomic mass is 10.1. The highest BCUT2D eigenvalue weighted by molar-refractivity contribution is 5.14. The summed E-state index contributed by atoms with van der Waals surface area (Å²) in [4.78, 5) is 5.44. The van der Waals surface area contributed by atoms with Gasteiger partial charge >= 0.3 is 0 Å². The van der Waals surface area contributed by atoms with E-state index < -0.39 is 0 Å². The Morgan fingerprint density at radius 2 is 1.72 bits per heavy atom. The summed E-state index contributed by atoms with van der Waals surface area (Å²) in [5, 5.41) is 0. The van der Waals surface area contributed by atoms with Crippen LogP contribution in [0.2, 0.25) is 0 Å². The van der Waals surface area contributed by atoms with Gasteiger partial charge < -0.3 is 0 Å². The fourth-order valence-electron chi connectivity index (χ4n) is 3.44. The molecule has 0 bridgehead atoms. The Morgan fingerprint density at radius 3 is 2.61 bits per heavy atom. The molecule has 0 spiro atoms. The second-order valence-corrected chi connectivity index (χ2v) is 5.64. The van der Waals surface area contributed by atoms with Crippen molar-refractivity contribution >= 4 is 0 Å². The van der Waals surface area contributed by atoms with Gasteiger partial charge in [0.05, 0.1) is 6.17 Å². The highest BCUT2D eigenvalue weighted by atomic mass is 15.4. The normalized spacial score (nSPS) is 25.9. The van der Waals surface area contributed by atoms with E-state index in [0.717, 1.165) is 6.17 Å². The van der Waals surface area contributed by atoms with Crippen molar-refractivity contribution in [3.63, 3.8) is 0 Å². The molecule has 0 N–H and O–H groups in total. The summed E-state index contributed by atoms with van der Waals surface area (Å²) >= 11 is 0. The minimum absolute atomic E-state index is 0.746. The first-order chi connectivity index (χ1) is 8.93. The molecule has 0 radical (unpaired) electrons. The van der Waals surface area contributed by atoms with Crippen LogP contribution in [0.25, 0.3) is 0 Å². The van der Waals surface area contributed by atoms with Gasteiger partial charge in [0.2, 0.25) is 0 Å². The van der Waals surface area contributed by atoms with Gasteiger partial charge in [0.1, 0.15) is 0 Å². The third kappa shape index (κ3) is 2.76. The third-order valence-corrected chi connectivity index (χ3v) is 4.42. The van der Waals surface area contributed by atoms with Crippen molar-refractivity contribution in [2.75, 3.05) is 26.2 Å². The first-order valence-electron chi connectivity index (χ1n) is 7.45. The predicted octanol–water partition coefficient (Wildman–Crippen LogP) is 2.75. The molecule has 2 aliphatic rings. The number of benzene rings is 1. The van der Waals surface area contributed by atoms with Gasteiger partial charge in [0.25, 0.3) is 0 Å². The van der Waals surface area contributed by atoms with Crippen LogP contribution in [0.5, 0.6) is 0 Å². The van der Waals surface area contributed by atoms with Crippen LogP contribution in [0.4, 0.5) is 0 Å². The first kappa shape index (κ1) is 12.2. The van der Waals surface area contributed by atoms with E-state index in [1.54, 1.807) is 0 Å². The lowest BCUT2D eigenvalue weighted by molar-refractivity contribution is 0.0961. The molecular formula is C16H24N2. The number of rotatable bonds is 3. The van der Waals surface area contributed by atoms with Gasteiger partial charge in [-0.05, 0) is 57.3 Å². The van der Waals surface area contributed by atoms with Crippen LogP contribution >= 0.6 is 0 Å². The molecule has 2 fully saturated rings. The Bertz CT molecular complexity index is 363. The standard InChI is InChI=1S/C16H24N2/c1-2-7-15(8-3-1)10-14-18-12-5-4-11-17-13-6-9-16(17)18/h1-3,7-8,16H,4-6,9-14H2. The van der Waals surface area contributed by atoms with Crippen LogP contribution in [0.3, 0.4) is 0 Å². The van der Waals surface area contributed by atoms with Gasteiger partial charge in [-0.1, -0.05) is 30.3 Å². The highest BCUT2D eigenvalue weighted by Gasteiger charge is 2.30. The van der Waals surface area contributed by atoms with Gasteiger partial charge in [-0.2, -0.15) is 0 Å². The second-order valence-electron chi connectivity index (χ2n) is 5.64. The van der Waals surface area contributed by atoms with Crippen LogP contribution in [0.1, 0.15) is 31.2 Å². The van der Waals surface area contributed by atoms with Crippen molar-refractivity contribution in [3.05, 3.63) is 35.9 Å². The van der Waals surface area contributed by atoms with E-state index in [1.807, 2.05) is 0 Å². The maximum absolute atomic E-state index is 2.73. The Balaban J connectivity index is 1.60. The third-order valence-electron chi connectivity index (χ3n) is 4.42. The Kier molecular flexibility index (Phi) is 3.96. The number of nitrogens with zero attached hydrogens (tertiary/aromatic N) is 2. The smallest absolute Gasteiger partial charge is 0.0622 e. The minimum Gasteiger partial charge on any atom is -0.288 e. The van der Waals surface area contributed by atoms with Crippen molar-refractivity contribution < 1.29 is 0 Å². The quantitative estimate of drug-likeness (QED) is 0.806. The maximum atomic E-state index is 2.73. The van der Waals surface area contributed by atoms with E-state index in [9.17, 15) is 0 Å². The number of fused-ring (bicyclic) bond motifs is 1. The van der Waals surface area contributed by atoms with E-state index in [4.69, 9.17) is 0 Å². The van der Waals surface area contributed by atoms with E-state index in [2.05, 4.69) is 40.1 Å². The molecule has 2 heteroatoms. The summed E-state index contributed by atoms with van der Waals surface area (Å²) in [6.45, 7) is 5.18. The van der Waals surface area contributed by atoms with Gasteiger partial charge in [-0.3, -0.25) is 9.80 Å². The summed E-state index contributed by atoms with van der Waals surface area (Å²) in [6.07, 6.45) is 7.49. The topological polar surface area (TPSA) is 6.48 Å². The molecule has 1 aromatic rings. The summed E-state index contributed by atoms with van der Waals surface area (Å²) in [5.41, 5.74) is 1.48. The van der Waals surface area contributed by atoms with Crippen molar-refractivity contribution in [3.8, 4) is 0 Å². The van der Waals surface area contributed by atoms with Crippen LogP contribution < -0.4 is 0 Å². The molecule has 0 saturated carbocycles. The molecule has 2 aliphatic heterocycles. The molecule has 1 unspecified atom stereocenters. The Morgan fingerprint density at radius 1 is 0.944 bits per heavy atom. The molecule has 18 heavy (non-hydrogen) atoms. The van der Waals surface area contributed by atoms with Crippen LogP contribution in [-0.2, 0) is 6.42 Å². The van der Waals surface area contributed by atoms with E-state index in [0.29, 0.717) is 0 Å². The highest BCUT2D eigenvalue weighted by Crippen LogP contribution is 2.24. The van der Waals surface area contributed by atoms with Crippen molar-refractivity contribution in [1.82, 2.24) is 9.80 Å². The average Bonchev–Trinajstić information content (AvgIpc) is 2.80. The van der Waals surface area contributed by atoms with Crippen molar-refractivity contribution in [2.24, 2.45) is 0 Å². The summed E-state index contributed by atoms with van der Waals surface area (Å²) < 4.78 is 0. The summed E-state index contributed by atoms with van der Waals surface area (Å²) in [6, 6.07) is 10.9. The van der Waals surface area contributed by atoms with E-state index >= 15 is 0 Å². The molecule has 0 aliphatic carbocycles. The number of hydrogen-bond donors (Lipinski definition) is 0. The van der Waals surface area contributed by atoms with E-state index in [-0.39, 0.29) is 0 Å². The predicted molar refractivity (Wildman–Crippen MR) is 75.5 cm³/mol. The fraction of sp³-hybridized carbons (Fsp3) is 0.625. The largest absolute Gasteiger partial charge is 0.288 e. The number of hydrogen-bond acceptors (Lipinski definition) is 2. The minimum atomic E-state index is 0.746. The summed E-state index contributed by atoms with van der Waals surface area (Å²) in [7, 11) is 0. The van der Waals surface area contributed by atoms with Gasteiger partial charge in [0.15, 0.2) is 0 Å². The molecule has 1 atom stereocenters. The molecule has 1 aromatic carbocycles. The molecule has 0 aromatic heterocycles. The van der Waals surface area contributed by atoms with Gasteiger partial charge in [0, 0.05) is 6.54 Å². The lowest BCUT2D eigenvalue weighted by Crippen LogP contribution is -2.44.